The summed E-state index contributed by atoms with van der Waals surface area (Å²) in [5, 5.41) is 5.17. The number of carbonyl (C=O) groups excluding carboxylic acids is 2. The maximum atomic E-state index is 12.2. The molecule has 6 heterocycles. The number of amides is 1. The van der Waals surface area contributed by atoms with Gasteiger partial charge in [0.1, 0.15) is 11.6 Å². The average molecular weight is 1040 g/mol. The molecule has 2 aromatic carbocycles. The molecule has 2 aliphatic heterocycles. The second-order valence-electron chi connectivity index (χ2n) is 17.4. The Hall–Kier alpha value is -3.58. The lowest BCUT2D eigenvalue weighted by molar-refractivity contribution is -0.0000282. The van der Waals surface area contributed by atoms with Gasteiger partial charge in [-0.25, -0.2) is 0 Å². The van der Waals surface area contributed by atoms with Crippen molar-refractivity contribution in [2.45, 2.75) is 76.3 Å². The van der Waals surface area contributed by atoms with E-state index in [-0.39, 0.29) is 41.7 Å². The van der Waals surface area contributed by atoms with Gasteiger partial charge >= 0.3 is 0 Å². The SMILES string of the molecule is NC1CCC(CCN2CCN(c3nsc4ccccc34)CC2)CC1.O=C(Cl)c1ccco1.O=C(NC1CCC(CCN2CCN(c3nsc4ccccc34)CC2)CC1)c1ccco1.[I-]. The fourth-order valence-corrected chi connectivity index (χ4v) is 11.1. The molecule has 0 atom stereocenters. The number of rotatable bonds is 11. The summed E-state index contributed by atoms with van der Waals surface area (Å²) in [6.45, 7) is 11.3. The highest BCUT2D eigenvalue weighted by molar-refractivity contribution is 7.14. The fourth-order valence-electron chi connectivity index (χ4n) is 9.43. The Kier molecular flexibility index (Phi) is 18.3. The van der Waals surface area contributed by atoms with Crippen LogP contribution in [0, 0.1) is 11.8 Å². The van der Waals surface area contributed by atoms with Crippen LogP contribution < -0.4 is 44.8 Å². The zero-order valence-electron chi connectivity index (χ0n) is 36.5. The van der Waals surface area contributed by atoms with Gasteiger partial charge in [0.05, 0.1) is 21.9 Å². The normalized spacial score (nSPS) is 21.9. The highest BCUT2D eigenvalue weighted by atomic mass is 127. The predicted molar refractivity (Wildman–Crippen MR) is 257 cm³/mol. The first kappa shape index (κ1) is 48.4. The van der Waals surface area contributed by atoms with Crippen LogP contribution in [0.1, 0.15) is 85.3 Å². The van der Waals surface area contributed by atoms with Crippen LogP contribution in [0.25, 0.3) is 20.2 Å². The third-order valence-electron chi connectivity index (χ3n) is 13.3. The Morgan fingerprint density at radius 2 is 1.08 bits per heavy atom. The van der Waals surface area contributed by atoms with Crippen LogP contribution in [-0.4, -0.2) is 107 Å². The summed E-state index contributed by atoms with van der Waals surface area (Å²) in [6, 6.07) is 24.5. The summed E-state index contributed by atoms with van der Waals surface area (Å²) in [6.07, 6.45) is 15.2. The molecule has 0 bridgehead atoms. The van der Waals surface area contributed by atoms with Crippen molar-refractivity contribution >= 4 is 77.6 Å². The van der Waals surface area contributed by atoms with E-state index in [1.54, 1.807) is 47.5 Å². The molecule has 64 heavy (non-hydrogen) atoms. The molecule has 0 radical (unpaired) electrons. The van der Waals surface area contributed by atoms with Gasteiger partial charge in [-0.2, -0.15) is 8.75 Å². The van der Waals surface area contributed by atoms with E-state index in [0.717, 1.165) is 82.9 Å². The van der Waals surface area contributed by atoms with Crippen molar-refractivity contribution in [2.24, 2.45) is 17.6 Å². The summed E-state index contributed by atoms with van der Waals surface area (Å²) in [5.74, 6) is 4.55. The van der Waals surface area contributed by atoms with Crippen LogP contribution in [0.15, 0.2) is 94.2 Å². The van der Waals surface area contributed by atoms with Crippen molar-refractivity contribution in [1.82, 2.24) is 23.9 Å². The monoisotopic (exact) mass is 1040 g/mol. The molecule has 4 aliphatic rings. The molecule has 6 aromatic rings. The van der Waals surface area contributed by atoms with Crippen molar-refractivity contribution in [1.29, 1.82) is 0 Å². The van der Waals surface area contributed by atoms with Gasteiger partial charge in [0.15, 0.2) is 11.5 Å². The molecule has 3 N–H and O–H groups in total. The lowest BCUT2D eigenvalue weighted by atomic mass is 9.84. The number of hydrogen-bond donors (Lipinski definition) is 2. The van der Waals surface area contributed by atoms with Gasteiger partial charge in [0.25, 0.3) is 11.1 Å². The first-order valence-electron chi connectivity index (χ1n) is 22.8. The zero-order valence-corrected chi connectivity index (χ0v) is 41.0. The topological polar surface area (TPSA) is 137 Å². The Morgan fingerprint density at radius 3 is 1.52 bits per heavy atom. The molecule has 1 amide bonds. The molecule has 344 valence electrons. The molecule has 0 spiro atoms. The minimum atomic E-state index is -0.560. The first-order valence-corrected chi connectivity index (χ1v) is 24.8. The van der Waals surface area contributed by atoms with Crippen molar-refractivity contribution in [2.75, 3.05) is 75.2 Å². The number of nitrogens with zero attached hydrogens (tertiary/aromatic N) is 6. The van der Waals surface area contributed by atoms with Crippen LogP contribution in [0.2, 0.25) is 0 Å². The fraction of sp³-hybridized carbons (Fsp3) is 0.500. The second kappa shape index (κ2) is 24.3. The van der Waals surface area contributed by atoms with E-state index < -0.39 is 5.24 Å². The van der Waals surface area contributed by atoms with Crippen LogP contribution in [0.5, 0.6) is 0 Å². The summed E-state index contributed by atoms with van der Waals surface area (Å²) >= 11 is 8.24. The molecule has 4 fully saturated rings. The minimum absolute atomic E-state index is 0. The second-order valence-corrected chi connectivity index (χ2v) is 19.4. The smallest absolute Gasteiger partial charge is 0.287 e. The number of anilines is 2. The number of fused-ring (bicyclic) bond motifs is 2. The van der Waals surface area contributed by atoms with Crippen LogP contribution in [-0.2, 0) is 0 Å². The van der Waals surface area contributed by atoms with Crippen LogP contribution >= 0.6 is 34.7 Å². The lowest BCUT2D eigenvalue weighted by Gasteiger charge is -2.36. The zero-order chi connectivity index (χ0) is 43.4. The number of piperazine rings is 2. The van der Waals surface area contributed by atoms with Gasteiger partial charge in [0, 0.05) is 75.2 Å². The molecule has 2 saturated heterocycles. The number of halogens is 2. The maximum absolute atomic E-state index is 12.2. The van der Waals surface area contributed by atoms with E-state index in [1.165, 1.54) is 103 Å². The van der Waals surface area contributed by atoms with E-state index in [2.05, 4.69) is 77.9 Å². The van der Waals surface area contributed by atoms with Gasteiger partial charge < -0.3 is 53.7 Å². The molecule has 16 heteroatoms. The maximum Gasteiger partial charge on any atom is 0.287 e. The molecule has 10 rings (SSSR count). The molecule has 2 saturated carbocycles. The van der Waals surface area contributed by atoms with Gasteiger partial charge in [-0.3, -0.25) is 19.4 Å². The lowest BCUT2D eigenvalue weighted by Crippen LogP contribution is -3.00. The standard InChI is InChI=1S/C24H30N4O2S.C19H28N4S.C5H3ClO2.HI/c29-24(21-5-3-17-30-21)25-19-9-7-18(8-10-19)11-12-27-13-15-28(16-14-27)23-20-4-1-2-6-22(20)31-26-23;20-16-7-5-15(6-8-16)9-10-22-11-13-23(14-12-22)19-17-3-1-2-4-18(17)24-21-19;6-5(7)4-2-1-3-8-4;/h1-6,17-19H,7-16H2,(H,25,29);1-4,15-16H,5-14,20H2;1-3H;1H/p-1. The van der Waals surface area contributed by atoms with Crippen molar-refractivity contribution in [3.05, 3.63) is 96.8 Å². The molecular formula is C48H61ClIN8O4S2-. The third-order valence-corrected chi connectivity index (χ3v) is 15.1. The highest BCUT2D eigenvalue weighted by Crippen LogP contribution is 2.32. The number of furan rings is 2. The largest absolute Gasteiger partial charge is 1.00 e. The van der Waals surface area contributed by atoms with E-state index in [0.29, 0.717) is 11.8 Å². The van der Waals surface area contributed by atoms with Crippen molar-refractivity contribution in [3.8, 4) is 0 Å². The first-order chi connectivity index (χ1) is 30.9. The van der Waals surface area contributed by atoms with Gasteiger partial charge in [-0.1, -0.05) is 24.3 Å². The molecule has 12 nitrogen and oxygen atoms in total. The summed E-state index contributed by atoms with van der Waals surface area (Å²) in [4.78, 5) is 32.5. The van der Waals surface area contributed by atoms with Crippen LogP contribution in [0.4, 0.5) is 11.6 Å². The Labute approximate surface area is 407 Å². The Morgan fingerprint density at radius 1 is 0.625 bits per heavy atom. The van der Waals surface area contributed by atoms with Gasteiger partial charge in [-0.05, 0) is 172 Å². The van der Waals surface area contributed by atoms with Crippen molar-refractivity contribution < 1.29 is 42.4 Å². The minimum Gasteiger partial charge on any atom is -1.00 e. The van der Waals surface area contributed by atoms with Gasteiger partial charge in [-0.15, -0.1) is 0 Å². The van der Waals surface area contributed by atoms with E-state index in [4.69, 9.17) is 30.5 Å². The summed E-state index contributed by atoms with van der Waals surface area (Å²) in [7, 11) is 0. The Bertz CT molecular complexity index is 2290. The molecule has 0 unspecified atom stereocenters. The van der Waals surface area contributed by atoms with Gasteiger partial charge in [0.2, 0.25) is 0 Å². The average Bonchev–Trinajstić information content (AvgIpc) is 4.18. The van der Waals surface area contributed by atoms with E-state index in [9.17, 15) is 9.59 Å². The highest BCUT2D eigenvalue weighted by Gasteiger charge is 2.26. The van der Waals surface area contributed by atoms with Crippen LogP contribution in [0.3, 0.4) is 0 Å². The third kappa shape index (κ3) is 13.3. The number of carbonyl (C=O) groups is 2. The molecule has 4 aromatic heterocycles. The summed E-state index contributed by atoms with van der Waals surface area (Å²) in [5.41, 5.74) is 6.02. The number of nitrogens with one attached hydrogen (secondary N) is 1. The quantitative estimate of drug-likeness (QED) is 0.111. The van der Waals surface area contributed by atoms with E-state index >= 15 is 0 Å². The van der Waals surface area contributed by atoms with Crippen molar-refractivity contribution in [3.63, 3.8) is 0 Å². The molecular weight excluding hydrogens is 979 g/mol. The number of nitrogens with two attached hydrogens (primary N) is 1. The number of aromatic nitrogens is 2. The summed E-state index contributed by atoms with van der Waals surface area (Å²) < 4.78 is 21.8. The number of hydrogen-bond acceptors (Lipinski definition) is 13. The predicted octanol–water partition coefficient (Wildman–Crippen LogP) is 6.38. The Balaban J connectivity index is 0.000000164. The number of benzene rings is 2. The van der Waals surface area contributed by atoms with E-state index in [1.807, 2.05) is 0 Å². The molecule has 2 aliphatic carbocycles.